The Hall–Kier alpha value is -7.00. The summed E-state index contributed by atoms with van der Waals surface area (Å²) in [6, 6.07) is 36.6. The van der Waals surface area contributed by atoms with Crippen LogP contribution in [-0.4, -0.2) is 49.3 Å². The third-order valence-corrected chi connectivity index (χ3v) is 13.0. The number of nitrogens with zero attached hydrogens (tertiary/aromatic N) is 1. The fourth-order valence-corrected chi connectivity index (χ4v) is 10.4. The smallest absolute Gasteiger partial charge is 0.238 e. The summed E-state index contributed by atoms with van der Waals surface area (Å²) in [6.07, 6.45) is 7.86. The van der Waals surface area contributed by atoms with Crippen LogP contribution >= 0.6 is 0 Å². The van der Waals surface area contributed by atoms with Crippen molar-refractivity contribution >= 4 is 46.8 Å². The lowest BCUT2D eigenvalue weighted by Crippen LogP contribution is -2.58. The Kier molecular flexibility index (Phi) is 10.3. The number of carbonyl (C=O) groups is 4. The first-order chi connectivity index (χ1) is 29.7. The molecule has 9 nitrogen and oxygen atoms in total. The summed E-state index contributed by atoms with van der Waals surface area (Å²) in [7, 11) is 3.22. The Labute approximate surface area is 354 Å². The van der Waals surface area contributed by atoms with Gasteiger partial charge >= 0.3 is 0 Å². The van der Waals surface area contributed by atoms with Gasteiger partial charge in [-0.15, -0.1) is 0 Å². The van der Waals surface area contributed by atoms with E-state index in [1.807, 2.05) is 116 Å². The molecule has 5 aromatic rings. The van der Waals surface area contributed by atoms with E-state index in [9.17, 15) is 14.7 Å². The molecule has 9 heteroatoms. The van der Waals surface area contributed by atoms with Crippen molar-refractivity contribution in [3.05, 3.63) is 167 Å². The first-order valence-electron chi connectivity index (χ1n) is 20.6. The minimum absolute atomic E-state index is 0.0491. The number of phenolic OH excluding ortho intramolecular Hbond substituents is 1. The lowest BCUT2D eigenvalue weighted by Gasteiger charge is -2.55. The summed E-state index contributed by atoms with van der Waals surface area (Å²) < 4.78 is 16.8. The molecule has 2 amide bonds. The number of allylic oxidation sites excluding steroid dienone is 4. The van der Waals surface area contributed by atoms with Crippen LogP contribution in [0, 0.1) is 23.7 Å². The zero-order valence-corrected chi connectivity index (χ0v) is 34.1. The number of ketones is 2. The third-order valence-electron chi connectivity index (χ3n) is 13.0. The number of hydrogen-bond donors (Lipinski definition) is 1. The molecule has 1 heterocycles. The average Bonchev–Trinajstić information content (AvgIpc) is 3.56. The van der Waals surface area contributed by atoms with Gasteiger partial charge in [0.2, 0.25) is 11.8 Å². The van der Waals surface area contributed by atoms with Crippen molar-refractivity contribution in [2.24, 2.45) is 23.7 Å². The van der Waals surface area contributed by atoms with Crippen molar-refractivity contribution in [1.29, 1.82) is 0 Å². The van der Waals surface area contributed by atoms with E-state index in [0.717, 1.165) is 16.7 Å². The quantitative estimate of drug-likeness (QED) is 0.0844. The van der Waals surface area contributed by atoms with E-state index >= 15 is 9.59 Å². The molecule has 1 saturated heterocycles. The fraction of sp³-hybridized carbons (Fsp3) is 0.231. The number of anilines is 1. The second kappa shape index (κ2) is 15.9. The van der Waals surface area contributed by atoms with Crippen LogP contribution in [0.3, 0.4) is 0 Å². The molecular formula is C52H45NO8. The molecular weight excluding hydrogens is 767 g/mol. The minimum Gasteiger partial charge on any atom is -0.504 e. The number of aromatic hydroxyl groups is 1. The van der Waals surface area contributed by atoms with E-state index in [4.69, 9.17) is 14.2 Å². The van der Waals surface area contributed by atoms with Crippen molar-refractivity contribution in [3.63, 3.8) is 0 Å². The van der Waals surface area contributed by atoms with Gasteiger partial charge in [0.1, 0.15) is 11.5 Å². The molecule has 1 N–H and O–H groups in total. The number of ether oxygens (including phenoxy) is 3. The molecule has 61 heavy (non-hydrogen) atoms. The van der Waals surface area contributed by atoms with Crippen molar-refractivity contribution in [3.8, 4) is 23.0 Å². The Morgan fingerprint density at radius 1 is 0.770 bits per heavy atom. The molecule has 4 aliphatic rings. The number of imide groups is 1. The molecule has 6 atom stereocenters. The Morgan fingerprint density at radius 3 is 2.21 bits per heavy atom. The van der Waals surface area contributed by atoms with E-state index in [0.29, 0.717) is 46.1 Å². The highest BCUT2D eigenvalue weighted by atomic mass is 16.5. The number of hydrogen-bond acceptors (Lipinski definition) is 8. The second-order valence-electron chi connectivity index (χ2n) is 16.0. The molecule has 0 bridgehead atoms. The molecule has 9 rings (SSSR count). The van der Waals surface area contributed by atoms with Crippen LogP contribution in [-0.2, 0) is 24.6 Å². The topological polar surface area (TPSA) is 119 Å². The summed E-state index contributed by atoms with van der Waals surface area (Å²) in [5.41, 5.74) is 3.92. The molecule has 1 saturated carbocycles. The van der Waals surface area contributed by atoms with Crippen LogP contribution in [0.2, 0.25) is 0 Å². The standard InChI is InChI=1S/C52H45NO8/c1-4-61-45-28-34(19-25-43(45)54)48-38-23-24-39-47(51(58)53(50(39)57)36-20-16-31(17-21-36)15-18-33-27-37(59-2)22-26-44(33)60-3)41(38)29-42-49(56)40(32-11-7-5-8-12-32)30-46(55)52(42,48)35-13-9-6-10-14-35/h5-23,25-28,30,39,41-42,47-48,54H,4,24,29H2,1-3H3. The van der Waals surface area contributed by atoms with Crippen molar-refractivity contribution in [2.75, 3.05) is 25.7 Å². The first-order valence-corrected chi connectivity index (χ1v) is 20.6. The Morgan fingerprint density at radius 2 is 1.51 bits per heavy atom. The summed E-state index contributed by atoms with van der Waals surface area (Å²) in [6.45, 7) is 2.12. The average molecular weight is 812 g/mol. The van der Waals surface area contributed by atoms with Gasteiger partial charge in [-0.25, -0.2) is 0 Å². The maximum Gasteiger partial charge on any atom is 0.238 e. The lowest BCUT2D eigenvalue weighted by atomic mass is 9.44. The van der Waals surface area contributed by atoms with Crippen LogP contribution in [0.1, 0.15) is 53.5 Å². The molecule has 306 valence electrons. The van der Waals surface area contributed by atoms with Gasteiger partial charge in [0.05, 0.1) is 43.8 Å². The van der Waals surface area contributed by atoms with Gasteiger partial charge in [-0.1, -0.05) is 103 Å². The highest BCUT2D eigenvalue weighted by Gasteiger charge is 2.66. The van der Waals surface area contributed by atoms with Crippen LogP contribution < -0.4 is 19.1 Å². The second-order valence-corrected chi connectivity index (χ2v) is 16.0. The van der Waals surface area contributed by atoms with E-state index in [-0.39, 0.29) is 47.7 Å². The monoisotopic (exact) mass is 811 g/mol. The van der Waals surface area contributed by atoms with Crippen LogP contribution in [0.5, 0.6) is 23.0 Å². The van der Waals surface area contributed by atoms with E-state index in [2.05, 4.69) is 0 Å². The maximum absolute atomic E-state index is 15.3. The van der Waals surface area contributed by atoms with Crippen LogP contribution in [0.25, 0.3) is 17.7 Å². The van der Waals surface area contributed by atoms with Gasteiger partial charge in [-0.2, -0.15) is 0 Å². The summed E-state index contributed by atoms with van der Waals surface area (Å²) in [5, 5.41) is 10.9. The minimum atomic E-state index is -1.39. The number of Topliss-reactive ketones (excluding diaryl/α,β-unsaturated/α-hetero) is 1. The van der Waals surface area contributed by atoms with Gasteiger partial charge in [-0.3, -0.25) is 24.1 Å². The van der Waals surface area contributed by atoms with Crippen LogP contribution in [0.4, 0.5) is 5.69 Å². The number of phenols is 1. The van der Waals surface area contributed by atoms with Crippen LogP contribution in [0.15, 0.2) is 139 Å². The number of fused-ring (bicyclic) bond motifs is 4. The van der Waals surface area contributed by atoms with Gasteiger partial charge in [0, 0.05) is 23.0 Å². The normalized spacial score (nSPS) is 24.4. The molecule has 3 aliphatic carbocycles. The molecule has 6 unspecified atom stereocenters. The highest BCUT2D eigenvalue weighted by molar-refractivity contribution is 6.32. The molecule has 0 radical (unpaired) electrons. The summed E-state index contributed by atoms with van der Waals surface area (Å²) in [4.78, 5) is 61.2. The maximum atomic E-state index is 15.3. The molecule has 0 aromatic heterocycles. The van der Waals surface area contributed by atoms with E-state index < -0.39 is 35.0 Å². The number of amides is 2. The Bertz CT molecular complexity index is 2650. The number of rotatable bonds is 10. The fourth-order valence-electron chi connectivity index (χ4n) is 10.4. The highest BCUT2D eigenvalue weighted by Crippen LogP contribution is 2.64. The Balaban J connectivity index is 1.13. The van der Waals surface area contributed by atoms with Gasteiger partial charge in [0.25, 0.3) is 0 Å². The lowest BCUT2D eigenvalue weighted by molar-refractivity contribution is -0.135. The zero-order chi connectivity index (χ0) is 42.4. The molecule has 1 aliphatic heterocycles. The summed E-state index contributed by atoms with van der Waals surface area (Å²) in [5.74, 6) is -2.98. The largest absolute Gasteiger partial charge is 0.504 e. The van der Waals surface area contributed by atoms with Crippen molar-refractivity contribution in [2.45, 2.75) is 31.1 Å². The number of benzene rings is 5. The SMILES string of the molecule is CCOc1cc(C2C3=CCC4C(=O)N(c5ccc(C=Cc6cc(OC)ccc6OC)cc5)C(=O)C4C3CC3C(=O)C(c4ccccc4)=CC(=O)C32c2ccccc2)ccc1O. The first kappa shape index (κ1) is 39.5. The molecule has 5 aromatic carbocycles. The van der Waals surface area contributed by atoms with Crippen molar-refractivity contribution < 1.29 is 38.5 Å². The zero-order valence-electron chi connectivity index (χ0n) is 34.1. The van der Waals surface area contributed by atoms with Crippen molar-refractivity contribution in [1.82, 2.24) is 0 Å². The van der Waals surface area contributed by atoms with Gasteiger partial charge < -0.3 is 19.3 Å². The summed E-state index contributed by atoms with van der Waals surface area (Å²) >= 11 is 0. The predicted octanol–water partition coefficient (Wildman–Crippen LogP) is 9.01. The number of methoxy groups -OCH3 is 2. The van der Waals surface area contributed by atoms with E-state index in [1.165, 1.54) is 11.0 Å². The number of carbonyl (C=O) groups excluding carboxylic acids is 4. The predicted molar refractivity (Wildman–Crippen MR) is 233 cm³/mol. The van der Waals surface area contributed by atoms with Gasteiger partial charge in [0.15, 0.2) is 23.1 Å². The molecule has 2 fully saturated rings. The molecule has 0 spiro atoms. The van der Waals surface area contributed by atoms with E-state index in [1.54, 1.807) is 44.6 Å². The third kappa shape index (κ3) is 6.47. The van der Waals surface area contributed by atoms with Gasteiger partial charge in [-0.05, 0) is 96.5 Å².